The van der Waals surface area contributed by atoms with E-state index in [1.165, 1.54) is 30.3 Å². The van der Waals surface area contributed by atoms with Crippen LogP contribution in [0.4, 0.5) is 8.78 Å². The summed E-state index contributed by atoms with van der Waals surface area (Å²) >= 11 is 11.4. The minimum absolute atomic E-state index is 0.139. The topological polar surface area (TPSA) is 0 Å². The Morgan fingerprint density at radius 1 is 0.938 bits per heavy atom. The normalized spacial score (nSPS) is 10.5. The summed E-state index contributed by atoms with van der Waals surface area (Å²) in [6.45, 7) is 0. The molecule has 4 heteroatoms. The minimum atomic E-state index is -0.654. The highest BCUT2D eigenvalue weighted by molar-refractivity contribution is 6.34. The molecule has 16 heavy (non-hydrogen) atoms. The number of rotatable bonds is 1. The SMILES string of the molecule is Fc1cccc(F)c1-c1cc(Cl)[c]c(Cl)c1. The van der Waals surface area contributed by atoms with E-state index in [2.05, 4.69) is 6.07 Å². The van der Waals surface area contributed by atoms with Crippen molar-refractivity contribution in [1.29, 1.82) is 0 Å². The summed E-state index contributed by atoms with van der Waals surface area (Å²) in [6, 6.07) is 9.08. The molecule has 0 aromatic heterocycles. The van der Waals surface area contributed by atoms with Gasteiger partial charge in [0.1, 0.15) is 11.6 Å². The van der Waals surface area contributed by atoms with E-state index in [4.69, 9.17) is 23.2 Å². The van der Waals surface area contributed by atoms with Crippen molar-refractivity contribution in [2.75, 3.05) is 0 Å². The summed E-state index contributed by atoms with van der Waals surface area (Å²) in [5.74, 6) is -1.31. The van der Waals surface area contributed by atoms with Crippen molar-refractivity contribution in [3.05, 3.63) is 58.1 Å². The largest absolute Gasteiger partial charge is 0.206 e. The third-order valence-corrected chi connectivity index (χ3v) is 2.46. The molecule has 0 unspecified atom stereocenters. The predicted octanol–water partition coefficient (Wildman–Crippen LogP) is 4.74. The van der Waals surface area contributed by atoms with Gasteiger partial charge in [0.15, 0.2) is 0 Å². The second-order valence-corrected chi connectivity index (χ2v) is 3.98. The second-order valence-electron chi connectivity index (χ2n) is 3.16. The van der Waals surface area contributed by atoms with Gasteiger partial charge in [0.25, 0.3) is 0 Å². The zero-order chi connectivity index (χ0) is 11.7. The standard InChI is InChI=1S/C12H5Cl2F2/c13-8-4-7(5-9(14)6-8)12-10(15)2-1-3-11(12)16/h1-5H. The summed E-state index contributed by atoms with van der Waals surface area (Å²) in [4.78, 5) is 0. The Labute approximate surface area is 101 Å². The van der Waals surface area contributed by atoms with Crippen molar-refractivity contribution in [2.24, 2.45) is 0 Å². The molecule has 0 nitrogen and oxygen atoms in total. The van der Waals surface area contributed by atoms with Crippen LogP contribution in [0.1, 0.15) is 0 Å². The van der Waals surface area contributed by atoms with Gasteiger partial charge in [0.2, 0.25) is 0 Å². The number of hydrogen-bond donors (Lipinski definition) is 0. The van der Waals surface area contributed by atoms with Gasteiger partial charge in [-0.2, -0.15) is 0 Å². The Morgan fingerprint density at radius 3 is 1.94 bits per heavy atom. The molecule has 1 radical (unpaired) electrons. The van der Waals surface area contributed by atoms with Crippen molar-refractivity contribution in [3.8, 4) is 11.1 Å². The maximum atomic E-state index is 13.5. The summed E-state index contributed by atoms with van der Waals surface area (Å²) in [7, 11) is 0. The molecular weight excluding hydrogens is 253 g/mol. The van der Waals surface area contributed by atoms with Crippen molar-refractivity contribution < 1.29 is 8.78 Å². The molecule has 0 aliphatic rings. The lowest BCUT2D eigenvalue weighted by atomic mass is 10.0. The average Bonchev–Trinajstić information content (AvgIpc) is 2.15. The van der Waals surface area contributed by atoms with E-state index in [0.29, 0.717) is 5.56 Å². The quantitative estimate of drug-likeness (QED) is 0.693. The van der Waals surface area contributed by atoms with Crippen LogP contribution in [0, 0.1) is 17.7 Å². The molecule has 0 spiro atoms. The molecule has 2 aromatic rings. The highest BCUT2D eigenvalue weighted by Gasteiger charge is 2.12. The highest BCUT2D eigenvalue weighted by Crippen LogP contribution is 2.30. The van der Waals surface area contributed by atoms with Crippen LogP contribution in [-0.4, -0.2) is 0 Å². The summed E-state index contributed by atoms with van der Waals surface area (Å²) < 4.78 is 26.9. The summed E-state index contributed by atoms with van der Waals surface area (Å²) in [6.07, 6.45) is 0. The number of halogens is 4. The predicted molar refractivity (Wildman–Crippen MR) is 60.7 cm³/mol. The van der Waals surface area contributed by atoms with Gasteiger partial charge < -0.3 is 0 Å². The number of hydrogen-bond acceptors (Lipinski definition) is 0. The Bertz CT molecular complexity index is 498. The molecule has 0 heterocycles. The smallest absolute Gasteiger partial charge is 0.133 e. The molecule has 0 bridgehead atoms. The van der Waals surface area contributed by atoms with Crippen LogP contribution in [-0.2, 0) is 0 Å². The molecule has 0 saturated carbocycles. The monoisotopic (exact) mass is 257 g/mol. The van der Waals surface area contributed by atoms with Crippen molar-refractivity contribution >= 4 is 23.2 Å². The zero-order valence-corrected chi connectivity index (χ0v) is 9.41. The minimum Gasteiger partial charge on any atom is -0.206 e. The highest BCUT2D eigenvalue weighted by atomic mass is 35.5. The lowest BCUT2D eigenvalue weighted by molar-refractivity contribution is 0.589. The van der Waals surface area contributed by atoms with E-state index in [-0.39, 0.29) is 15.6 Å². The third kappa shape index (κ3) is 2.18. The van der Waals surface area contributed by atoms with E-state index >= 15 is 0 Å². The fraction of sp³-hybridized carbons (Fsp3) is 0. The van der Waals surface area contributed by atoms with Gasteiger partial charge in [-0.3, -0.25) is 0 Å². The maximum absolute atomic E-state index is 13.5. The van der Waals surface area contributed by atoms with Gasteiger partial charge in [0.05, 0.1) is 15.6 Å². The molecule has 0 aliphatic heterocycles. The fourth-order valence-electron chi connectivity index (χ4n) is 1.42. The van der Waals surface area contributed by atoms with Crippen LogP contribution in [0.25, 0.3) is 11.1 Å². The molecule has 2 rings (SSSR count). The van der Waals surface area contributed by atoms with E-state index in [1.54, 1.807) is 0 Å². The van der Waals surface area contributed by atoms with Crippen LogP contribution in [0.5, 0.6) is 0 Å². The summed E-state index contributed by atoms with van der Waals surface area (Å²) in [5, 5.41) is 0.426. The first-order chi connectivity index (χ1) is 7.58. The Hall–Kier alpha value is -1.12. The van der Waals surface area contributed by atoms with Gasteiger partial charge >= 0.3 is 0 Å². The molecule has 81 valence electrons. The van der Waals surface area contributed by atoms with Crippen LogP contribution < -0.4 is 0 Å². The van der Waals surface area contributed by atoms with E-state index < -0.39 is 11.6 Å². The second kappa shape index (κ2) is 4.40. The van der Waals surface area contributed by atoms with Crippen molar-refractivity contribution in [2.45, 2.75) is 0 Å². The third-order valence-electron chi connectivity index (χ3n) is 2.05. The lowest BCUT2D eigenvalue weighted by Crippen LogP contribution is -1.89. The first-order valence-corrected chi connectivity index (χ1v) is 5.16. The maximum Gasteiger partial charge on any atom is 0.133 e. The Kier molecular flexibility index (Phi) is 3.13. The van der Waals surface area contributed by atoms with Crippen LogP contribution >= 0.6 is 23.2 Å². The molecule has 0 aliphatic carbocycles. The molecule has 0 atom stereocenters. The summed E-state index contributed by atoms with van der Waals surface area (Å²) in [5.41, 5.74) is 0.157. The van der Waals surface area contributed by atoms with Crippen LogP contribution in [0.2, 0.25) is 10.0 Å². The Balaban J connectivity index is 2.67. The molecule has 0 N–H and O–H groups in total. The van der Waals surface area contributed by atoms with E-state index in [0.717, 1.165) is 0 Å². The van der Waals surface area contributed by atoms with Crippen LogP contribution in [0.3, 0.4) is 0 Å². The molecule has 0 amide bonds. The van der Waals surface area contributed by atoms with Gasteiger partial charge in [0, 0.05) is 6.07 Å². The zero-order valence-electron chi connectivity index (χ0n) is 7.90. The van der Waals surface area contributed by atoms with Gasteiger partial charge in [-0.25, -0.2) is 8.78 Å². The van der Waals surface area contributed by atoms with E-state index in [9.17, 15) is 8.78 Å². The molecule has 0 fully saturated rings. The fourth-order valence-corrected chi connectivity index (χ4v) is 1.91. The van der Waals surface area contributed by atoms with Gasteiger partial charge in [-0.15, -0.1) is 0 Å². The van der Waals surface area contributed by atoms with Crippen molar-refractivity contribution in [3.63, 3.8) is 0 Å². The van der Waals surface area contributed by atoms with Crippen LogP contribution in [0.15, 0.2) is 30.3 Å². The molecular formula is C12H5Cl2F2. The number of benzene rings is 2. The molecule has 0 saturated heterocycles. The van der Waals surface area contributed by atoms with Gasteiger partial charge in [-0.1, -0.05) is 29.3 Å². The average molecular weight is 258 g/mol. The molecule has 2 aromatic carbocycles. The van der Waals surface area contributed by atoms with Crippen molar-refractivity contribution in [1.82, 2.24) is 0 Å². The van der Waals surface area contributed by atoms with E-state index in [1.807, 2.05) is 0 Å². The first kappa shape index (κ1) is 11.4. The lowest BCUT2D eigenvalue weighted by Gasteiger charge is -2.05. The first-order valence-electron chi connectivity index (χ1n) is 4.40. The Morgan fingerprint density at radius 2 is 1.44 bits per heavy atom. The van der Waals surface area contributed by atoms with Gasteiger partial charge in [-0.05, 0) is 29.8 Å².